The topological polar surface area (TPSA) is 139 Å². The van der Waals surface area contributed by atoms with E-state index >= 15 is 0 Å². The van der Waals surface area contributed by atoms with E-state index in [0.717, 1.165) is 5.69 Å². The Bertz CT molecular complexity index is 1630. The Morgan fingerprint density at radius 3 is 2.47 bits per heavy atom. The van der Waals surface area contributed by atoms with Crippen LogP contribution in [0, 0.1) is 5.41 Å². The normalized spacial score (nSPS) is 11.8. The summed E-state index contributed by atoms with van der Waals surface area (Å²) >= 11 is 0. The third-order valence-corrected chi connectivity index (χ3v) is 6.07. The van der Waals surface area contributed by atoms with Crippen molar-refractivity contribution >= 4 is 34.1 Å². The fourth-order valence-corrected chi connectivity index (χ4v) is 3.73. The van der Waals surface area contributed by atoms with Gasteiger partial charge in [-0.2, -0.15) is 4.99 Å². The van der Waals surface area contributed by atoms with Crippen molar-refractivity contribution in [3.63, 3.8) is 0 Å². The Morgan fingerprint density at radius 2 is 1.76 bits per heavy atom. The summed E-state index contributed by atoms with van der Waals surface area (Å²) < 4.78 is 1.24. The molecule has 0 spiro atoms. The van der Waals surface area contributed by atoms with E-state index < -0.39 is 22.5 Å². The third-order valence-electron chi connectivity index (χ3n) is 6.07. The van der Waals surface area contributed by atoms with Crippen molar-refractivity contribution in [3.05, 3.63) is 88.8 Å². The maximum atomic E-state index is 13.8. The molecular formula is C28H28N6O4. The van der Waals surface area contributed by atoms with Crippen molar-refractivity contribution < 1.29 is 14.7 Å². The van der Waals surface area contributed by atoms with Crippen molar-refractivity contribution in [2.24, 2.45) is 10.4 Å². The molecule has 2 heterocycles. The molecule has 2 aromatic carbocycles. The second-order valence-electron chi connectivity index (χ2n) is 9.25. The number of rotatable bonds is 7. The van der Waals surface area contributed by atoms with Crippen LogP contribution in [0.25, 0.3) is 22.3 Å². The summed E-state index contributed by atoms with van der Waals surface area (Å²) in [4.78, 5) is 52.7. The van der Waals surface area contributed by atoms with E-state index in [1.807, 2.05) is 6.07 Å². The maximum Gasteiger partial charge on any atom is 0.347 e. The zero-order valence-electron chi connectivity index (χ0n) is 21.3. The maximum absolute atomic E-state index is 13.8. The minimum Gasteiger partial charge on any atom is -0.395 e. The Kier molecular flexibility index (Phi) is 7.73. The van der Waals surface area contributed by atoms with Gasteiger partial charge in [-0.3, -0.25) is 19.1 Å². The Balaban J connectivity index is 1.97. The molecule has 10 heteroatoms. The minimum absolute atomic E-state index is 0.328. The number of carbonyl (C=O) groups excluding carboxylic acids is 2. The zero-order chi connectivity index (χ0) is 27.3. The van der Waals surface area contributed by atoms with Crippen molar-refractivity contribution in [2.75, 3.05) is 24.3 Å². The summed E-state index contributed by atoms with van der Waals surface area (Å²) in [6.07, 6.45) is 1.59. The van der Waals surface area contributed by atoms with Gasteiger partial charge in [0.25, 0.3) is 5.56 Å². The summed E-state index contributed by atoms with van der Waals surface area (Å²) in [7, 11) is 1.75. The highest BCUT2D eigenvalue weighted by Crippen LogP contribution is 2.24. The van der Waals surface area contributed by atoms with Crippen LogP contribution in [0.5, 0.6) is 0 Å². The van der Waals surface area contributed by atoms with Crippen LogP contribution in [-0.2, 0) is 11.3 Å². The van der Waals surface area contributed by atoms with Crippen molar-refractivity contribution in [1.29, 1.82) is 0 Å². The smallest absolute Gasteiger partial charge is 0.347 e. The van der Waals surface area contributed by atoms with E-state index in [4.69, 9.17) is 0 Å². The number of pyridine rings is 1. The van der Waals surface area contributed by atoms with Crippen LogP contribution in [0.4, 0.5) is 16.2 Å². The first kappa shape index (κ1) is 26.4. The van der Waals surface area contributed by atoms with Gasteiger partial charge in [-0.15, -0.1) is 0 Å². The summed E-state index contributed by atoms with van der Waals surface area (Å²) in [6.45, 7) is 2.46. The van der Waals surface area contributed by atoms with E-state index in [2.05, 4.69) is 25.6 Å². The molecule has 0 fully saturated rings. The first-order valence-corrected chi connectivity index (χ1v) is 12.0. The lowest BCUT2D eigenvalue weighted by Gasteiger charge is -2.20. The number of ketones is 1. The van der Waals surface area contributed by atoms with Crippen molar-refractivity contribution in [2.45, 2.75) is 20.4 Å². The highest BCUT2D eigenvalue weighted by molar-refractivity contribution is 5.93. The standard InChI is InChI=1S/C28H28N6O4/c1-28(2,17-35)23(36)16-34-22-13-5-4-11-20(22)24(21-12-6-7-14-30-21)32-25(26(34)37)33-27(38)31-19-10-8-9-18(15-19)29-3/h4-15,29,35H,16-17H2,1-3H3,(H,31,38). The molecule has 2 aromatic heterocycles. The first-order valence-electron chi connectivity index (χ1n) is 12.0. The predicted molar refractivity (Wildman–Crippen MR) is 146 cm³/mol. The molecule has 0 atom stereocenters. The van der Waals surface area contributed by atoms with E-state index in [1.54, 1.807) is 87.8 Å². The lowest BCUT2D eigenvalue weighted by molar-refractivity contribution is -0.129. The molecule has 0 aliphatic heterocycles. The van der Waals surface area contributed by atoms with Gasteiger partial charge in [0.1, 0.15) is 5.69 Å². The van der Waals surface area contributed by atoms with Gasteiger partial charge in [0.2, 0.25) is 5.49 Å². The molecule has 0 saturated heterocycles. The van der Waals surface area contributed by atoms with Gasteiger partial charge < -0.3 is 15.7 Å². The third kappa shape index (κ3) is 5.65. The number of benzene rings is 2. The number of fused-ring (bicyclic) bond motifs is 1. The van der Waals surface area contributed by atoms with Crippen LogP contribution in [-0.4, -0.2) is 45.1 Å². The number of amides is 2. The first-order chi connectivity index (χ1) is 18.2. The molecule has 0 aliphatic rings. The number of aromatic nitrogens is 3. The van der Waals surface area contributed by atoms with Gasteiger partial charge in [0, 0.05) is 35.4 Å². The number of urea groups is 1. The van der Waals surface area contributed by atoms with Crippen LogP contribution in [0.3, 0.4) is 0 Å². The lowest BCUT2D eigenvalue weighted by Crippen LogP contribution is -2.40. The number of nitrogens with one attached hydrogen (secondary N) is 2. The number of aliphatic hydroxyl groups excluding tert-OH is 1. The number of nitrogens with zero attached hydrogens (tertiary/aromatic N) is 4. The zero-order valence-corrected chi connectivity index (χ0v) is 21.3. The van der Waals surface area contributed by atoms with Crippen LogP contribution < -0.4 is 21.7 Å². The van der Waals surface area contributed by atoms with Crippen LogP contribution >= 0.6 is 0 Å². The fourth-order valence-electron chi connectivity index (χ4n) is 3.73. The predicted octanol–water partition coefficient (Wildman–Crippen LogP) is 3.22. The van der Waals surface area contributed by atoms with Crippen molar-refractivity contribution in [1.82, 2.24) is 14.5 Å². The minimum atomic E-state index is -1.08. The quantitative estimate of drug-likeness (QED) is 0.346. The molecule has 38 heavy (non-hydrogen) atoms. The number of hydrogen-bond acceptors (Lipinski definition) is 7. The Hall–Kier alpha value is -4.70. The number of Topliss-reactive ketones (excluding diaryl/α,β-unsaturated/α-hetero) is 1. The molecule has 4 aromatic rings. The summed E-state index contributed by atoms with van der Waals surface area (Å²) in [5, 5.41) is 15.9. The van der Waals surface area contributed by atoms with Crippen LogP contribution in [0.1, 0.15) is 13.8 Å². The van der Waals surface area contributed by atoms with E-state index in [-0.39, 0.29) is 18.9 Å². The fraction of sp³-hybridized carbons (Fsp3) is 0.214. The molecule has 0 radical (unpaired) electrons. The molecule has 0 saturated carbocycles. The Morgan fingerprint density at radius 1 is 1.03 bits per heavy atom. The average Bonchev–Trinajstić information content (AvgIpc) is 3.04. The summed E-state index contributed by atoms with van der Waals surface area (Å²) in [5.41, 5.74) is 0.240. The highest BCUT2D eigenvalue weighted by atomic mass is 16.3. The van der Waals surface area contributed by atoms with Gasteiger partial charge in [-0.05, 0) is 36.4 Å². The number of aliphatic hydroxyl groups is 1. The molecule has 4 rings (SSSR count). The second-order valence-corrected chi connectivity index (χ2v) is 9.25. The van der Waals surface area contributed by atoms with Gasteiger partial charge in [0.15, 0.2) is 5.78 Å². The molecule has 10 nitrogen and oxygen atoms in total. The summed E-state index contributed by atoms with van der Waals surface area (Å²) in [5.74, 6) is -0.364. The number of anilines is 2. The van der Waals surface area contributed by atoms with Crippen LogP contribution in [0.15, 0.2) is 82.7 Å². The SMILES string of the molecule is CNc1cccc(NC(=O)N=c2nc(-c3ccccn3)c3ccccc3n(CC(=O)C(C)(C)CO)c2=O)c1. The van der Waals surface area contributed by atoms with E-state index in [1.165, 1.54) is 4.57 Å². The highest BCUT2D eigenvalue weighted by Gasteiger charge is 2.27. The number of para-hydroxylation sites is 1. The molecule has 194 valence electrons. The molecule has 2 amide bonds. The molecule has 0 aliphatic carbocycles. The number of carbonyl (C=O) groups is 2. The van der Waals surface area contributed by atoms with E-state index in [0.29, 0.717) is 28.0 Å². The van der Waals surface area contributed by atoms with Gasteiger partial charge in [0.05, 0.1) is 24.4 Å². The largest absolute Gasteiger partial charge is 0.395 e. The Labute approximate surface area is 218 Å². The average molecular weight is 513 g/mol. The van der Waals surface area contributed by atoms with Gasteiger partial charge >= 0.3 is 6.03 Å². The molecule has 0 unspecified atom stereocenters. The second kappa shape index (κ2) is 11.1. The van der Waals surface area contributed by atoms with Gasteiger partial charge in [-0.25, -0.2) is 9.78 Å². The van der Waals surface area contributed by atoms with E-state index in [9.17, 15) is 19.5 Å². The monoisotopic (exact) mass is 512 g/mol. The molecular weight excluding hydrogens is 484 g/mol. The molecule has 3 N–H and O–H groups in total. The summed E-state index contributed by atoms with van der Waals surface area (Å²) in [6, 6.07) is 18.4. The lowest BCUT2D eigenvalue weighted by atomic mass is 9.89. The molecule has 0 bridgehead atoms. The van der Waals surface area contributed by atoms with Crippen LogP contribution in [0.2, 0.25) is 0 Å². The van der Waals surface area contributed by atoms with Crippen molar-refractivity contribution in [3.8, 4) is 11.4 Å². The number of hydrogen-bond donors (Lipinski definition) is 3. The van der Waals surface area contributed by atoms with Gasteiger partial charge in [-0.1, -0.05) is 44.2 Å².